The Balaban J connectivity index is 1.49. The van der Waals surface area contributed by atoms with E-state index in [4.69, 9.17) is 10.00 Å². The Morgan fingerprint density at radius 1 is 1.11 bits per heavy atom. The van der Waals surface area contributed by atoms with Crippen molar-refractivity contribution in [3.05, 3.63) is 65.4 Å². The molecule has 3 heterocycles. The normalized spacial score (nSPS) is 17.0. The first-order chi connectivity index (χ1) is 13.8. The lowest BCUT2D eigenvalue weighted by atomic mass is 9.98. The van der Waals surface area contributed by atoms with Crippen molar-refractivity contribution in [1.82, 2.24) is 9.88 Å². The fourth-order valence-corrected chi connectivity index (χ4v) is 3.64. The summed E-state index contributed by atoms with van der Waals surface area (Å²) < 4.78 is 5.42. The monoisotopic (exact) mass is 374 g/mol. The number of pyridine rings is 1. The number of nitriles is 1. The Morgan fingerprint density at radius 2 is 1.89 bits per heavy atom. The maximum Gasteiger partial charge on any atom is 0.257 e. The summed E-state index contributed by atoms with van der Waals surface area (Å²) in [6, 6.07) is 13.4. The van der Waals surface area contributed by atoms with Crippen molar-refractivity contribution in [2.75, 3.05) is 44.3 Å². The van der Waals surface area contributed by atoms with E-state index in [0.29, 0.717) is 37.4 Å². The first-order valence-corrected chi connectivity index (χ1v) is 9.53. The molecule has 0 unspecified atom stereocenters. The molecule has 1 aromatic carbocycles. The third-order valence-corrected chi connectivity index (χ3v) is 5.21. The summed E-state index contributed by atoms with van der Waals surface area (Å²) in [4.78, 5) is 21.6. The second-order valence-electron chi connectivity index (χ2n) is 6.89. The van der Waals surface area contributed by atoms with Crippen LogP contribution in [0.4, 0.5) is 5.82 Å². The van der Waals surface area contributed by atoms with Gasteiger partial charge in [0, 0.05) is 32.4 Å². The van der Waals surface area contributed by atoms with Gasteiger partial charge in [-0.3, -0.25) is 4.79 Å². The molecule has 0 spiro atoms. The van der Waals surface area contributed by atoms with Gasteiger partial charge in [0.15, 0.2) is 0 Å². The largest absolute Gasteiger partial charge is 0.378 e. The van der Waals surface area contributed by atoms with Crippen LogP contribution in [0.5, 0.6) is 0 Å². The Labute approximate surface area is 164 Å². The third kappa shape index (κ3) is 3.75. The topological polar surface area (TPSA) is 69.5 Å². The minimum atomic E-state index is 0.0183. The zero-order valence-electron chi connectivity index (χ0n) is 15.7. The van der Waals surface area contributed by atoms with Crippen LogP contribution in [0.15, 0.2) is 48.7 Å². The molecule has 0 aliphatic carbocycles. The number of benzene rings is 1. The molecule has 6 heteroatoms. The number of carbonyl (C=O) groups excluding carboxylic acids is 1. The smallest absolute Gasteiger partial charge is 0.257 e. The SMILES string of the molecule is N#Cc1ccc(C2=CCN(C(=O)c3cccnc3N3CCOCC3)CC2)cc1. The maximum absolute atomic E-state index is 13.2. The van der Waals surface area contributed by atoms with Crippen LogP contribution >= 0.6 is 0 Å². The zero-order chi connectivity index (χ0) is 19.3. The fraction of sp³-hybridized carbons (Fsp3) is 0.318. The molecule has 1 amide bonds. The maximum atomic E-state index is 13.2. The van der Waals surface area contributed by atoms with E-state index < -0.39 is 0 Å². The Kier molecular flexibility index (Phi) is 5.36. The van der Waals surface area contributed by atoms with Crippen LogP contribution in [0.1, 0.15) is 27.9 Å². The summed E-state index contributed by atoms with van der Waals surface area (Å²) in [7, 11) is 0. The second-order valence-corrected chi connectivity index (χ2v) is 6.89. The number of morpholine rings is 1. The highest BCUT2D eigenvalue weighted by Gasteiger charge is 2.25. The summed E-state index contributed by atoms with van der Waals surface area (Å²) in [6.07, 6.45) is 4.64. The molecule has 1 fully saturated rings. The highest BCUT2D eigenvalue weighted by molar-refractivity contribution is 5.99. The molecule has 0 radical (unpaired) electrons. The molecular formula is C22H22N4O2. The van der Waals surface area contributed by atoms with Crippen molar-refractivity contribution in [3.8, 4) is 6.07 Å². The van der Waals surface area contributed by atoms with Crippen molar-refractivity contribution in [2.45, 2.75) is 6.42 Å². The highest BCUT2D eigenvalue weighted by atomic mass is 16.5. The van der Waals surface area contributed by atoms with Crippen LogP contribution in [-0.2, 0) is 4.74 Å². The van der Waals surface area contributed by atoms with Gasteiger partial charge < -0.3 is 14.5 Å². The molecule has 1 saturated heterocycles. The van der Waals surface area contributed by atoms with Gasteiger partial charge in [0.05, 0.1) is 30.4 Å². The van der Waals surface area contributed by atoms with Gasteiger partial charge in [-0.05, 0) is 41.8 Å². The lowest BCUT2D eigenvalue weighted by molar-refractivity contribution is 0.0771. The van der Waals surface area contributed by atoms with Gasteiger partial charge in [0.2, 0.25) is 0 Å². The molecule has 2 aliphatic rings. The molecule has 0 atom stereocenters. The lowest BCUT2D eigenvalue weighted by Crippen LogP contribution is -2.40. The summed E-state index contributed by atoms with van der Waals surface area (Å²) in [5.41, 5.74) is 3.64. The summed E-state index contributed by atoms with van der Waals surface area (Å²) in [6.45, 7) is 4.06. The summed E-state index contributed by atoms with van der Waals surface area (Å²) in [5.74, 6) is 0.766. The number of aromatic nitrogens is 1. The van der Waals surface area contributed by atoms with Crippen molar-refractivity contribution in [3.63, 3.8) is 0 Å². The van der Waals surface area contributed by atoms with E-state index in [1.165, 1.54) is 5.57 Å². The van der Waals surface area contributed by atoms with E-state index in [1.807, 2.05) is 41.3 Å². The third-order valence-electron chi connectivity index (χ3n) is 5.21. The van der Waals surface area contributed by atoms with Crippen LogP contribution < -0.4 is 4.90 Å². The number of amides is 1. The Morgan fingerprint density at radius 3 is 2.57 bits per heavy atom. The second kappa shape index (κ2) is 8.24. The average Bonchev–Trinajstić information content (AvgIpc) is 2.79. The van der Waals surface area contributed by atoms with Gasteiger partial charge in [-0.1, -0.05) is 18.2 Å². The van der Waals surface area contributed by atoms with Crippen LogP contribution in [0.2, 0.25) is 0 Å². The van der Waals surface area contributed by atoms with E-state index in [-0.39, 0.29) is 5.91 Å². The number of rotatable bonds is 3. The molecule has 142 valence electrons. The predicted molar refractivity (Wildman–Crippen MR) is 107 cm³/mol. The van der Waals surface area contributed by atoms with Gasteiger partial charge in [0.1, 0.15) is 5.82 Å². The van der Waals surface area contributed by atoms with E-state index in [1.54, 1.807) is 6.20 Å². The number of nitrogens with zero attached hydrogens (tertiary/aromatic N) is 4. The Hall–Kier alpha value is -3.17. The van der Waals surface area contributed by atoms with E-state index in [2.05, 4.69) is 22.0 Å². The molecule has 0 N–H and O–H groups in total. The van der Waals surface area contributed by atoms with Gasteiger partial charge in [-0.15, -0.1) is 0 Å². The molecule has 2 aliphatic heterocycles. The number of anilines is 1. The number of hydrogen-bond donors (Lipinski definition) is 0. The number of ether oxygens (including phenoxy) is 1. The number of carbonyl (C=O) groups is 1. The first-order valence-electron chi connectivity index (χ1n) is 9.53. The minimum absolute atomic E-state index is 0.0183. The van der Waals surface area contributed by atoms with Crippen molar-refractivity contribution < 1.29 is 9.53 Å². The summed E-state index contributed by atoms with van der Waals surface area (Å²) >= 11 is 0. The quantitative estimate of drug-likeness (QED) is 0.826. The molecular weight excluding hydrogens is 352 g/mol. The fourth-order valence-electron chi connectivity index (χ4n) is 3.64. The van der Waals surface area contributed by atoms with Gasteiger partial charge >= 0.3 is 0 Å². The standard InChI is InChI=1S/C22H22N4O2/c23-16-17-3-5-18(6-4-17)19-7-10-26(11-8-19)22(27)20-2-1-9-24-21(20)25-12-14-28-15-13-25/h1-7,9H,8,10-15H2. The average molecular weight is 374 g/mol. The molecule has 4 rings (SSSR count). The first kappa shape index (κ1) is 18.2. The van der Waals surface area contributed by atoms with E-state index in [9.17, 15) is 4.79 Å². The lowest BCUT2D eigenvalue weighted by Gasteiger charge is -2.31. The van der Waals surface area contributed by atoms with Gasteiger partial charge in [0.25, 0.3) is 5.91 Å². The van der Waals surface area contributed by atoms with E-state index in [0.717, 1.165) is 30.9 Å². The van der Waals surface area contributed by atoms with Crippen molar-refractivity contribution in [1.29, 1.82) is 5.26 Å². The van der Waals surface area contributed by atoms with Crippen LogP contribution in [0, 0.1) is 11.3 Å². The van der Waals surface area contributed by atoms with E-state index >= 15 is 0 Å². The zero-order valence-corrected chi connectivity index (χ0v) is 15.7. The molecule has 28 heavy (non-hydrogen) atoms. The Bertz CT molecular complexity index is 924. The highest BCUT2D eigenvalue weighted by Crippen LogP contribution is 2.25. The van der Waals surface area contributed by atoms with Gasteiger partial charge in [-0.25, -0.2) is 4.98 Å². The molecule has 0 saturated carbocycles. The summed E-state index contributed by atoms with van der Waals surface area (Å²) in [5, 5.41) is 8.94. The molecule has 2 aromatic rings. The molecule has 1 aromatic heterocycles. The number of hydrogen-bond acceptors (Lipinski definition) is 5. The molecule has 6 nitrogen and oxygen atoms in total. The van der Waals surface area contributed by atoms with Crippen molar-refractivity contribution in [2.24, 2.45) is 0 Å². The van der Waals surface area contributed by atoms with Gasteiger partial charge in [-0.2, -0.15) is 5.26 Å². The predicted octanol–water partition coefficient (Wildman–Crippen LogP) is 2.72. The van der Waals surface area contributed by atoms with Crippen LogP contribution in [0.3, 0.4) is 0 Å². The van der Waals surface area contributed by atoms with Crippen molar-refractivity contribution >= 4 is 17.3 Å². The van der Waals surface area contributed by atoms with Crippen LogP contribution in [-0.4, -0.2) is 55.2 Å². The molecule has 0 bridgehead atoms. The minimum Gasteiger partial charge on any atom is -0.378 e. The van der Waals surface area contributed by atoms with Crippen LogP contribution in [0.25, 0.3) is 5.57 Å².